The zero-order valence-electron chi connectivity index (χ0n) is 17.8. The van der Waals surface area contributed by atoms with Crippen LogP contribution in [-0.4, -0.2) is 74.8 Å². The lowest BCUT2D eigenvalue weighted by Crippen LogP contribution is -2.47. The molecule has 2 saturated heterocycles. The Morgan fingerprint density at radius 3 is 2.45 bits per heavy atom. The van der Waals surface area contributed by atoms with Gasteiger partial charge in [0.05, 0.1) is 10.6 Å². The molecule has 8 nitrogen and oxygen atoms in total. The van der Waals surface area contributed by atoms with Gasteiger partial charge in [-0.1, -0.05) is 6.07 Å². The van der Waals surface area contributed by atoms with Crippen LogP contribution in [0, 0.1) is 0 Å². The number of sulfonamides is 1. The number of likely N-dealkylation sites (N-methyl/N-ethyl adjacent to an activating group) is 1. The van der Waals surface area contributed by atoms with Crippen LogP contribution in [0.15, 0.2) is 47.5 Å². The Bertz CT molecular complexity index is 1030. The van der Waals surface area contributed by atoms with Crippen LogP contribution >= 0.6 is 0 Å². The van der Waals surface area contributed by atoms with E-state index in [0.29, 0.717) is 37.4 Å². The second-order valence-corrected chi connectivity index (χ2v) is 10.0. The third-order valence-corrected chi connectivity index (χ3v) is 7.78. The molecule has 1 N–H and O–H groups in total. The monoisotopic (exact) mass is 443 g/mol. The first-order chi connectivity index (χ1) is 14.9. The Hall–Kier alpha value is -2.49. The molecule has 166 valence electrons. The minimum atomic E-state index is -3.63. The second kappa shape index (κ2) is 9.33. The fourth-order valence-corrected chi connectivity index (χ4v) is 5.49. The quantitative estimate of drug-likeness (QED) is 0.763. The summed E-state index contributed by atoms with van der Waals surface area (Å²) in [4.78, 5) is 21.9. The molecular weight excluding hydrogens is 414 g/mol. The fraction of sp³-hybridized carbons (Fsp3) is 0.455. The van der Waals surface area contributed by atoms with Gasteiger partial charge in [-0.2, -0.15) is 4.31 Å². The van der Waals surface area contributed by atoms with Crippen LogP contribution in [0.2, 0.25) is 0 Å². The Labute approximate surface area is 183 Å². The Balaban J connectivity index is 1.53. The van der Waals surface area contributed by atoms with E-state index in [1.807, 2.05) is 13.1 Å². The standard InChI is InChI=1S/C22H29N5O3S/c1-25-13-15-27(16-14-25)31(29,30)19-8-5-7-18(17-19)22(28)24-20-9-6-10-23-21(20)26-11-3-2-4-12-26/h5-10,17H,2-4,11-16H2,1H3,(H,24,28). The van der Waals surface area contributed by atoms with Gasteiger partial charge in [0.1, 0.15) is 0 Å². The highest BCUT2D eigenvalue weighted by Crippen LogP contribution is 2.26. The van der Waals surface area contributed by atoms with Gasteiger partial charge < -0.3 is 15.1 Å². The lowest BCUT2D eigenvalue weighted by atomic mass is 10.1. The number of pyridine rings is 1. The van der Waals surface area contributed by atoms with Crippen LogP contribution in [0.25, 0.3) is 0 Å². The van der Waals surface area contributed by atoms with Crippen molar-refractivity contribution in [2.45, 2.75) is 24.2 Å². The van der Waals surface area contributed by atoms with Crippen LogP contribution in [0.4, 0.5) is 11.5 Å². The molecule has 1 amide bonds. The van der Waals surface area contributed by atoms with Gasteiger partial charge in [-0.3, -0.25) is 4.79 Å². The highest BCUT2D eigenvalue weighted by Gasteiger charge is 2.28. The lowest BCUT2D eigenvalue weighted by Gasteiger charge is -2.31. The molecule has 2 aliphatic rings. The first-order valence-electron chi connectivity index (χ1n) is 10.8. The van der Waals surface area contributed by atoms with Crippen molar-refractivity contribution in [2.75, 3.05) is 56.5 Å². The molecule has 1 aromatic carbocycles. The average molecular weight is 444 g/mol. The molecule has 2 fully saturated rings. The van der Waals surface area contributed by atoms with E-state index < -0.39 is 10.0 Å². The Morgan fingerprint density at radius 1 is 0.968 bits per heavy atom. The average Bonchev–Trinajstić information content (AvgIpc) is 2.80. The van der Waals surface area contributed by atoms with E-state index in [0.717, 1.165) is 31.7 Å². The van der Waals surface area contributed by atoms with Crippen LogP contribution in [-0.2, 0) is 10.0 Å². The summed E-state index contributed by atoms with van der Waals surface area (Å²) in [7, 11) is -1.66. The van der Waals surface area contributed by atoms with Crippen molar-refractivity contribution in [3.05, 3.63) is 48.2 Å². The van der Waals surface area contributed by atoms with E-state index in [-0.39, 0.29) is 10.8 Å². The number of hydrogen-bond acceptors (Lipinski definition) is 6. The lowest BCUT2D eigenvalue weighted by molar-refractivity contribution is 0.102. The maximum absolute atomic E-state index is 13.0. The minimum absolute atomic E-state index is 0.146. The summed E-state index contributed by atoms with van der Waals surface area (Å²) < 4.78 is 27.6. The van der Waals surface area contributed by atoms with Gasteiger partial charge >= 0.3 is 0 Å². The van der Waals surface area contributed by atoms with Crippen molar-refractivity contribution in [3.63, 3.8) is 0 Å². The molecule has 2 aromatic rings. The summed E-state index contributed by atoms with van der Waals surface area (Å²) >= 11 is 0. The van der Waals surface area contributed by atoms with Crippen LogP contribution < -0.4 is 10.2 Å². The SMILES string of the molecule is CN1CCN(S(=O)(=O)c2cccc(C(=O)Nc3cccnc3N3CCCCC3)c2)CC1. The van der Waals surface area contributed by atoms with Crippen molar-refractivity contribution in [2.24, 2.45) is 0 Å². The molecule has 9 heteroatoms. The number of carbonyl (C=O) groups is 1. The predicted molar refractivity (Wildman–Crippen MR) is 121 cm³/mol. The highest BCUT2D eigenvalue weighted by molar-refractivity contribution is 7.89. The molecule has 0 radical (unpaired) electrons. The molecule has 0 aliphatic carbocycles. The summed E-state index contributed by atoms with van der Waals surface area (Å²) in [6.45, 7) is 4.12. The summed E-state index contributed by atoms with van der Waals surface area (Å²) in [5, 5.41) is 2.93. The number of hydrogen-bond donors (Lipinski definition) is 1. The van der Waals surface area contributed by atoms with Crippen molar-refractivity contribution in [3.8, 4) is 0 Å². The molecule has 1 aromatic heterocycles. The molecule has 0 saturated carbocycles. The van der Waals surface area contributed by atoms with Crippen molar-refractivity contribution in [1.29, 1.82) is 0 Å². The van der Waals surface area contributed by atoms with E-state index >= 15 is 0 Å². The topological polar surface area (TPSA) is 85.8 Å². The third kappa shape index (κ3) is 4.89. The van der Waals surface area contributed by atoms with Gasteiger partial charge in [0.2, 0.25) is 10.0 Å². The van der Waals surface area contributed by atoms with E-state index in [4.69, 9.17) is 0 Å². The summed E-state index contributed by atoms with van der Waals surface area (Å²) in [6.07, 6.45) is 5.15. The predicted octanol–water partition coefficient (Wildman–Crippen LogP) is 2.26. The number of nitrogens with zero attached hydrogens (tertiary/aromatic N) is 4. The molecular formula is C22H29N5O3S. The molecule has 0 bridgehead atoms. The van der Waals surface area contributed by atoms with Crippen LogP contribution in [0.1, 0.15) is 29.6 Å². The number of aromatic nitrogens is 1. The smallest absolute Gasteiger partial charge is 0.255 e. The van der Waals surface area contributed by atoms with E-state index in [9.17, 15) is 13.2 Å². The molecule has 4 rings (SSSR count). The minimum Gasteiger partial charge on any atom is -0.355 e. The fourth-order valence-electron chi connectivity index (χ4n) is 4.02. The van der Waals surface area contributed by atoms with Gasteiger partial charge in [0, 0.05) is 51.0 Å². The van der Waals surface area contributed by atoms with E-state index in [1.54, 1.807) is 30.5 Å². The van der Waals surface area contributed by atoms with Crippen molar-refractivity contribution >= 4 is 27.4 Å². The van der Waals surface area contributed by atoms with Gasteiger partial charge in [0.25, 0.3) is 5.91 Å². The van der Waals surface area contributed by atoms with Gasteiger partial charge in [-0.05, 0) is 56.6 Å². The summed E-state index contributed by atoms with van der Waals surface area (Å²) in [6, 6.07) is 9.88. The number of piperidine rings is 1. The molecule has 0 spiro atoms. The molecule has 2 aliphatic heterocycles. The normalized spacial score (nSPS) is 18.7. The van der Waals surface area contributed by atoms with E-state index in [2.05, 4.69) is 20.1 Å². The van der Waals surface area contributed by atoms with Crippen LogP contribution in [0.3, 0.4) is 0 Å². The van der Waals surface area contributed by atoms with Crippen molar-refractivity contribution < 1.29 is 13.2 Å². The Kier molecular flexibility index (Phi) is 6.54. The molecule has 0 atom stereocenters. The molecule has 31 heavy (non-hydrogen) atoms. The van der Waals surface area contributed by atoms with E-state index in [1.165, 1.54) is 16.8 Å². The largest absolute Gasteiger partial charge is 0.355 e. The number of benzene rings is 1. The second-order valence-electron chi connectivity index (χ2n) is 8.11. The maximum atomic E-state index is 13.0. The molecule has 3 heterocycles. The number of anilines is 2. The van der Waals surface area contributed by atoms with Crippen molar-refractivity contribution in [1.82, 2.24) is 14.2 Å². The zero-order chi connectivity index (χ0) is 21.8. The maximum Gasteiger partial charge on any atom is 0.255 e. The summed E-state index contributed by atoms with van der Waals surface area (Å²) in [5.41, 5.74) is 0.949. The van der Waals surface area contributed by atoms with Gasteiger partial charge in [0.15, 0.2) is 5.82 Å². The highest BCUT2D eigenvalue weighted by atomic mass is 32.2. The Morgan fingerprint density at radius 2 is 1.71 bits per heavy atom. The number of piperazine rings is 1. The molecule has 0 unspecified atom stereocenters. The number of amides is 1. The number of nitrogens with one attached hydrogen (secondary N) is 1. The summed E-state index contributed by atoms with van der Waals surface area (Å²) in [5.74, 6) is 0.415. The number of carbonyl (C=O) groups excluding carboxylic acids is 1. The first kappa shape index (κ1) is 21.7. The van der Waals surface area contributed by atoms with Gasteiger partial charge in [-0.25, -0.2) is 13.4 Å². The first-order valence-corrected chi connectivity index (χ1v) is 12.2. The zero-order valence-corrected chi connectivity index (χ0v) is 18.6. The number of rotatable bonds is 5. The third-order valence-electron chi connectivity index (χ3n) is 5.89. The van der Waals surface area contributed by atoms with Gasteiger partial charge in [-0.15, -0.1) is 0 Å². The van der Waals surface area contributed by atoms with Crippen LogP contribution in [0.5, 0.6) is 0 Å².